The van der Waals surface area contributed by atoms with Crippen LogP contribution in [0.2, 0.25) is 0 Å². The predicted octanol–water partition coefficient (Wildman–Crippen LogP) is 6.16. The molecule has 0 aliphatic carbocycles. The van der Waals surface area contributed by atoms with Gasteiger partial charge in [0, 0.05) is 31.9 Å². The molecule has 0 saturated carbocycles. The summed E-state index contributed by atoms with van der Waals surface area (Å²) < 4.78 is 0. The van der Waals surface area contributed by atoms with Crippen molar-refractivity contribution < 1.29 is 4.92 Å². The fourth-order valence-electron chi connectivity index (χ4n) is 5.03. The van der Waals surface area contributed by atoms with Crippen molar-refractivity contribution in [3.63, 3.8) is 0 Å². The molecule has 1 aliphatic rings. The van der Waals surface area contributed by atoms with Crippen LogP contribution in [0.5, 0.6) is 0 Å². The van der Waals surface area contributed by atoms with Crippen LogP contribution in [0, 0.1) is 10.1 Å². The van der Waals surface area contributed by atoms with E-state index < -0.39 is 0 Å². The van der Waals surface area contributed by atoms with Crippen LogP contribution in [0.15, 0.2) is 91.3 Å². The number of nitro groups is 1. The minimum Gasteiger partial charge on any atom is -0.348 e. The van der Waals surface area contributed by atoms with Gasteiger partial charge in [-0.25, -0.2) is 9.97 Å². The van der Waals surface area contributed by atoms with Gasteiger partial charge in [0.2, 0.25) is 11.6 Å². The Bertz CT molecular complexity index is 1320. The highest BCUT2D eigenvalue weighted by molar-refractivity contribution is 5.74. The van der Waals surface area contributed by atoms with Crippen LogP contribution in [0.1, 0.15) is 42.5 Å². The van der Waals surface area contributed by atoms with Crippen LogP contribution in [-0.4, -0.2) is 46.0 Å². The summed E-state index contributed by atoms with van der Waals surface area (Å²) in [5.74, 6) is 0.958. The summed E-state index contributed by atoms with van der Waals surface area (Å²) in [4.78, 5) is 24.8. The SMILES string of the molecule is CC(C)c1ccc(Nc2ncnc(N3CCN(C(c4ccccc4)c4ccccc4)CC3)c2[N+](=O)[O-])cc1. The van der Waals surface area contributed by atoms with Gasteiger partial charge in [0.05, 0.1) is 11.0 Å². The van der Waals surface area contributed by atoms with Gasteiger partial charge in [0.1, 0.15) is 6.33 Å². The lowest BCUT2D eigenvalue weighted by Crippen LogP contribution is -2.48. The van der Waals surface area contributed by atoms with E-state index in [9.17, 15) is 10.1 Å². The highest BCUT2D eigenvalue weighted by Crippen LogP contribution is 2.36. The zero-order chi connectivity index (χ0) is 26.5. The molecule has 0 spiro atoms. The lowest BCUT2D eigenvalue weighted by atomic mass is 9.96. The van der Waals surface area contributed by atoms with E-state index in [0.717, 1.165) is 18.8 Å². The molecule has 8 nitrogen and oxygen atoms in total. The van der Waals surface area contributed by atoms with Crippen molar-refractivity contribution in [2.24, 2.45) is 0 Å². The Balaban J connectivity index is 1.37. The molecule has 194 valence electrons. The number of hydrogen-bond donors (Lipinski definition) is 1. The summed E-state index contributed by atoms with van der Waals surface area (Å²) in [6, 6.07) is 29.0. The first-order chi connectivity index (χ1) is 18.5. The molecule has 8 heteroatoms. The number of anilines is 3. The first kappa shape index (κ1) is 25.4. The molecule has 0 bridgehead atoms. The number of benzene rings is 3. The standard InChI is InChI=1S/C30H32N6O2/c1-22(2)23-13-15-26(16-14-23)33-29-28(36(37)38)30(32-21-31-29)35-19-17-34(18-20-35)27(24-9-5-3-6-10-24)25-11-7-4-8-12-25/h3-16,21-22,27H,17-20H2,1-2H3,(H,31,32,33). The van der Waals surface area contributed by atoms with Crippen molar-refractivity contribution in [2.45, 2.75) is 25.8 Å². The molecule has 1 aliphatic heterocycles. The van der Waals surface area contributed by atoms with Crippen LogP contribution in [0.3, 0.4) is 0 Å². The second-order valence-corrected chi connectivity index (χ2v) is 9.80. The van der Waals surface area contributed by atoms with Gasteiger partial charge < -0.3 is 10.2 Å². The van der Waals surface area contributed by atoms with Gasteiger partial charge in [0.15, 0.2) is 0 Å². The first-order valence-corrected chi connectivity index (χ1v) is 13.0. The van der Waals surface area contributed by atoms with Gasteiger partial charge in [-0.05, 0) is 34.7 Å². The Morgan fingerprint density at radius 2 is 1.37 bits per heavy atom. The molecule has 0 unspecified atom stereocenters. The van der Waals surface area contributed by atoms with E-state index in [1.165, 1.54) is 23.0 Å². The Morgan fingerprint density at radius 1 is 0.789 bits per heavy atom. The predicted molar refractivity (Wildman–Crippen MR) is 151 cm³/mol. The zero-order valence-corrected chi connectivity index (χ0v) is 21.7. The van der Waals surface area contributed by atoms with E-state index in [0.29, 0.717) is 24.8 Å². The van der Waals surface area contributed by atoms with Crippen LogP contribution in [0.25, 0.3) is 0 Å². The largest absolute Gasteiger partial charge is 0.353 e. The third-order valence-electron chi connectivity index (χ3n) is 7.04. The summed E-state index contributed by atoms with van der Waals surface area (Å²) in [7, 11) is 0. The van der Waals surface area contributed by atoms with E-state index in [4.69, 9.17) is 0 Å². The van der Waals surface area contributed by atoms with Crippen molar-refractivity contribution in [3.8, 4) is 0 Å². The van der Waals surface area contributed by atoms with E-state index in [-0.39, 0.29) is 22.5 Å². The molecule has 5 rings (SSSR count). The molecule has 38 heavy (non-hydrogen) atoms. The minimum atomic E-state index is -0.386. The van der Waals surface area contributed by atoms with E-state index in [2.05, 4.69) is 82.6 Å². The summed E-state index contributed by atoms with van der Waals surface area (Å²) in [6.45, 7) is 6.99. The average molecular weight is 509 g/mol. The van der Waals surface area contributed by atoms with Crippen molar-refractivity contribution in [1.82, 2.24) is 14.9 Å². The summed E-state index contributed by atoms with van der Waals surface area (Å²) >= 11 is 0. The smallest absolute Gasteiger partial charge is 0.348 e. The monoisotopic (exact) mass is 508 g/mol. The van der Waals surface area contributed by atoms with Crippen molar-refractivity contribution in [1.29, 1.82) is 0 Å². The molecule has 2 heterocycles. The highest BCUT2D eigenvalue weighted by atomic mass is 16.6. The van der Waals surface area contributed by atoms with Crippen LogP contribution >= 0.6 is 0 Å². The Hall–Kier alpha value is -4.30. The minimum absolute atomic E-state index is 0.100. The fraction of sp³-hybridized carbons (Fsp3) is 0.267. The molecule has 0 radical (unpaired) electrons. The topological polar surface area (TPSA) is 87.4 Å². The number of nitrogens with zero attached hydrogens (tertiary/aromatic N) is 5. The van der Waals surface area contributed by atoms with E-state index >= 15 is 0 Å². The quantitative estimate of drug-likeness (QED) is 0.225. The van der Waals surface area contributed by atoms with Gasteiger partial charge >= 0.3 is 5.69 Å². The van der Waals surface area contributed by atoms with E-state index in [1.54, 1.807) is 0 Å². The fourth-order valence-corrected chi connectivity index (χ4v) is 5.03. The number of aromatic nitrogens is 2. The third kappa shape index (κ3) is 5.50. The Kier molecular flexibility index (Phi) is 7.60. The number of rotatable bonds is 8. The lowest BCUT2D eigenvalue weighted by molar-refractivity contribution is -0.383. The Morgan fingerprint density at radius 3 is 1.89 bits per heavy atom. The molecule has 1 saturated heterocycles. The number of hydrogen-bond acceptors (Lipinski definition) is 7. The van der Waals surface area contributed by atoms with Gasteiger partial charge in [-0.1, -0.05) is 86.6 Å². The van der Waals surface area contributed by atoms with Crippen molar-refractivity contribution in [2.75, 3.05) is 36.4 Å². The third-order valence-corrected chi connectivity index (χ3v) is 7.04. The molecule has 0 amide bonds. The van der Waals surface area contributed by atoms with Gasteiger partial charge in [-0.2, -0.15) is 0 Å². The molecular weight excluding hydrogens is 476 g/mol. The molecule has 1 aromatic heterocycles. The molecule has 0 atom stereocenters. The summed E-state index contributed by atoms with van der Waals surface area (Å²) in [5, 5.41) is 15.3. The van der Waals surface area contributed by atoms with Crippen molar-refractivity contribution in [3.05, 3.63) is 118 Å². The highest BCUT2D eigenvalue weighted by Gasteiger charge is 2.32. The van der Waals surface area contributed by atoms with Crippen molar-refractivity contribution >= 4 is 23.0 Å². The number of nitrogens with one attached hydrogen (secondary N) is 1. The molecule has 4 aromatic rings. The second kappa shape index (κ2) is 11.4. The van der Waals surface area contributed by atoms with Gasteiger partial charge in [-0.3, -0.25) is 15.0 Å². The van der Waals surface area contributed by atoms with Crippen LogP contribution in [0.4, 0.5) is 23.0 Å². The lowest BCUT2D eigenvalue weighted by Gasteiger charge is -2.40. The first-order valence-electron chi connectivity index (χ1n) is 13.0. The normalized spacial score (nSPS) is 14.2. The van der Waals surface area contributed by atoms with Gasteiger partial charge in [0.25, 0.3) is 0 Å². The van der Waals surface area contributed by atoms with Crippen LogP contribution in [-0.2, 0) is 0 Å². The summed E-state index contributed by atoms with van der Waals surface area (Å²) in [5.41, 5.74) is 4.32. The van der Waals surface area contributed by atoms with Gasteiger partial charge in [-0.15, -0.1) is 0 Å². The summed E-state index contributed by atoms with van der Waals surface area (Å²) in [6.07, 6.45) is 1.40. The number of piperazine rings is 1. The second-order valence-electron chi connectivity index (χ2n) is 9.80. The molecule has 1 N–H and O–H groups in total. The maximum Gasteiger partial charge on any atom is 0.353 e. The maximum absolute atomic E-state index is 12.2. The average Bonchev–Trinajstić information content (AvgIpc) is 2.95. The maximum atomic E-state index is 12.2. The Labute approximate surface area is 223 Å². The zero-order valence-electron chi connectivity index (χ0n) is 21.7. The van der Waals surface area contributed by atoms with Crippen LogP contribution < -0.4 is 10.2 Å². The molecule has 1 fully saturated rings. The van der Waals surface area contributed by atoms with E-state index in [1.807, 2.05) is 41.3 Å². The molecular formula is C30H32N6O2. The molecule has 3 aromatic carbocycles.